The number of rotatable bonds is 7. The van der Waals surface area contributed by atoms with E-state index in [0.29, 0.717) is 0 Å². The third kappa shape index (κ3) is 4.39. The molecule has 0 aliphatic carbocycles. The van der Waals surface area contributed by atoms with Crippen molar-refractivity contribution in [2.24, 2.45) is 0 Å². The normalized spacial score (nSPS) is 16.3. The highest BCUT2D eigenvalue weighted by Gasteiger charge is 2.37. The van der Waals surface area contributed by atoms with Gasteiger partial charge in [-0.15, -0.1) is 5.10 Å². The number of methoxy groups -OCH3 is 1. The van der Waals surface area contributed by atoms with Crippen molar-refractivity contribution >= 4 is 5.69 Å². The van der Waals surface area contributed by atoms with Gasteiger partial charge in [0.1, 0.15) is 5.75 Å². The number of hydrogen-bond acceptors (Lipinski definition) is 6. The van der Waals surface area contributed by atoms with Gasteiger partial charge in [0.05, 0.1) is 38.8 Å². The maximum Gasteiger partial charge on any atom is 0.214 e. The fraction of sp³-hybridized carbons (Fsp3) is 0.478. The number of nitrogens with zero attached hydrogens (tertiary/aromatic N) is 6. The van der Waals surface area contributed by atoms with E-state index >= 15 is 0 Å². The highest BCUT2D eigenvalue weighted by molar-refractivity contribution is 5.50. The predicted molar refractivity (Wildman–Crippen MR) is 119 cm³/mol. The van der Waals surface area contributed by atoms with Crippen LogP contribution in [-0.2, 0) is 5.54 Å². The lowest BCUT2D eigenvalue weighted by atomic mass is 9.99. The number of hydrogen-bond donors (Lipinski definition) is 1. The first-order valence-electron chi connectivity index (χ1n) is 11.0. The van der Waals surface area contributed by atoms with Crippen LogP contribution in [0.5, 0.6) is 5.75 Å². The van der Waals surface area contributed by atoms with Gasteiger partial charge in [0.2, 0.25) is 5.82 Å². The Labute approximate surface area is 183 Å². The van der Waals surface area contributed by atoms with E-state index in [1.54, 1.807) is 7.11 Å². The quantitative estimate of drug-likeness (QED) is 0.625. The zero-order valence-electron chi connectivity index (χ0n) is 18.8. The van der Waals surface area contributed by atoms with E-state index in [4.69, 9.17) is 4.74 Å². The lowest BCUT2D eigenvalue weighted by molar-refractivity contribution is -0.927. The minimum absolute atomic E-state index is 0.0660. The Balaban J connectivity index is 1.61. The number of tetrazole rings is 1. The molecule has 2 aromatic heterocycles. The SMILES string of the molecule is CCC(C)(C)n1nnnc1[C@@H](c1ccncc1)[NH+]1CCN(c2cccc(OC)c2)CC1. The predicted octanol–water partition coefficient (Wildman–Crippen LogP) is 1.72. The molecule has 164 valence electrons. The molecule has 1 N–H and O–H groups in total. The van der Waals surface area contributed by atoms with E-state index in [1.165, 1.54) is 16.2 Å². The molecule has 8 heteroatoms. The lowest BCUT2D eigenvalue weighted by Crippen LogP contribution is -3.15. The van der Waals surface area contributed by atoms with Crippen molar-refractivity contribution in [1.82, 2.24) is 25.2 Å². The van der Waals surface area contributed by atoms with Gasteiger partial charge in [-0.2, -0.15) is 0 Å². The maximum atomic E-state index is 5.40. The van der Waals surface area contributed by atoms with Crippen molar-refractivity contribution in [3.63, 3.8) is 0 Å². The number of aromatic nitrogens is 5. The summed E-state index contributed by atoms with van der Waals surface area (Å²) < 4.78 is 7.42. The number of quaternary nitrogens is 1. The Morgan fingerprint density at radius 1 is 1.13 bits per heavy atom. The third-order valence-electron chi connectivity index (χ3n) is 6.46. The zero-order valence-corrected chi connectivity index (χ0v) is 18.8. The molecule has 0 radical (unpaired) electrons. The summed E-state index contributed by atoms with van der Waals surface area (Å²) in [6.45, 7) is 10.4. The Hall–Kier alpha value is -3.00. The molecule has 0 spiro atoms. The monoisotopic (exact) mass is 422 g/mol. The van der Waals surface area contributed by atoms with Gasteiger partial charge < -0.3 is 14.5 Å². The van der Waals surface area contributed by atoms with Crippen LogP contribution in [0, 0.1) is 0 Å². The van der Waals surface area contributed by atoms with Crippen LogP contribution >= 0.6 is 0 Å². The van der Waals surface area contributed by atoms with Crippen LogP contribution < -0.4 is 14.5 Å². The number of anilines is 1. The topological polar surface area (TPSA) is 73.4 Å². The number of ether oxygens (including phenoxy) is 1. The number of pyridine rings is 1. The van der Waals surface area contributed by atoms with E-state index in [0.717, 1.165) is 44.2 Å². The Bertz CT molecular complexity index is 980. The second kappa shape index (κ2) is 9.01. The van der Waals surface area contributed by atoms with Gasteiger partial charge in [-0.1, -0.05) is 13.0 Å². The Kier molecular flexibility index (Phi) is 6.18. The van der Waals surface area contributed by atoms with Gasteiger partial charge in [-0.3, -0.25) is 4.98 Å². The van der Waals surface area contributed by atoms with Crippen LogP contribution in [-0.4, -0.2) is 58.5 Å². The Morgan fingerprint density at radius 2 is 1.87 bits per heavy atom. The third-order valence-corrected chi connectivity index (χ3v) is 6.46. The van der Waals surface area contributed by atoms with Crippen molar-refractivity contribution in [3.05, 3.63) is 60.2 Å². The van der Waals surface area contributed by atoms with Crippen LogP contribution in [0.2, 0.25) is 0 Å². The fourth-order valence-electron chi connectivity index (χ4n) is 4.23. The molecule has 31 heavy (non-hydrogen) atoms. The lowest BCUT2D eigenvalue weighted by Gasteiger charge is -2.38. The smallest absolute Gasteiger partial charge is 0.214 e. The van der Waals surface area contributed by atoms with Crippen molar-refractivity contribution in [2.75, 3.05) is 38.2 Å². The van der Waals surface area contributed by atoms with E-state index in [1.807, 2.05) is 29.2 Å². The van der Waals surface area contributed by atoms with Crippen molar-refractivity contribution < 1.29 is 9.64 Å². The number of benzene rings is 1. The van der Waals surface area contributed by atoms with Gasteiger partial charge in [-0.25, -0.2) is 4.68 Å². The average Bonchev–Trinajstić information content (AvgIpc) is 3.31. The molecule has 3 heterocycles. The zero-order chi connectivity index (χ0) is 21.8. The average molecular weight is 423 g/mol. The molecular weight excluding hydrogens is 390 g/mol. The van der Waals surface area contributed by atoms with Crippen LogP contribution in [0.25, 0.3) is 0 Å². The van der Waals surface area contributed by atoms with Crippen molar-refractivity contribution in [3.8, 4) is 5.75 Å². The number of piperazine rings is 1. The molecule has 1 saturated heterocycles. The van der Waals surface area contributed by atoms with E-state index in [2.05, 4.69) is 70.4 Å². The summed E-state index contributed by atoms with van der Waals surface area (Å²) >= 11 is 0. The molecule has 0 saturated carbocycles. The summed E-state index contributed by atoms with van der Waals surface area (Å²) in [6.07, 6.45) is 4.66. The summed E-state index contributed by atoms with van der Waals surface area (Å²) in [5.74, 6) is 1.81. The van der Waals surface area contributed by atoms with Crippen molar-refractivity contribution in [1.29, 1.82) is 0 Å². The van der Waals surface area contributed by atoms with Gasteiger partial charge in [0.15, 0.2) is 6.04 Å². The minimum atomic E-state index is -0.147. The van der Waals surface area contributed by atoms with E-state index in [-0.39, 0.29) is 11.6 Å². The van der Waals surface area contributed by atoms with Crippen LogP contribution in [0.15, 0.2) is 48.8 Å². The summed E-state index contributed by atoms with van der Waals surface area (Å²) in [6, 6.07) is 12.5. The van der Waals surface area contributed by atoms with Crippen LogP contribution in [0.3, 0.4) is 0 Å². The number of nitrogens with one attached hydrogen (secondary N) is 1. The molecule has 0 amide bonds. The highest BCUT2D eigenvalue weighted by Crippen LogP contribution is 2.25. The minimum Gasteiger partial charge on any atom is -0.497 e. The van der Waals surface area contributed by atoms with Gasteiger partial charge in [-0.05, 0) is 55.0 Å². The van der Waals surface area contributed by atoms with Gasteiger partial charge >= 0.3 is 0 Å². The van der Waals surface area contributed by atoms with Gasteiger partial charge in [0, 0.05) is 29.7 Å². The molecular formula is C23H32N7O+. The molecule has 4 rings (SSSR count). The molecule has 1 aliphatic rings. The molecule has 0 unspecified atom stereocenters. The van der Waals surface area contributed by atoms with Crippen LogP contribution in [0.1, 0.15) is 44.6 Å². The van der Waals surface area contributed by atoms with E-state index < -0.39 is 0 Å². The van der Waals surface area contributed by atoms with E-state index in [9.17, 15) is 0 Å². The first-order chi connectivity index (χ1) is 15.0. The molecule has 1 fully saturated rings. The molecule has 8 nitrogen and oxygen atoms in total. The van der Waals surface area contributed by atoms with Gasteiger partial charge in [0.25, 0.3) is 0 Å². The largest absolute Gasteiger partial charge is 0.497 e. The molecule has 1 atom stereocenters. The molecule has 1 aromatic carbocycles. The first-order valence-corrected chi connectivity index (χ1v) is 11.0. The first kappa shape index (κ1) is 21.2. The summed E-state index contributed by atoms with van der Waals surface area (Å²) in [7, 11) is 1.71. The van der Waals surface area contributed by atoms with Crippen molar-refractivity contribution in [2.45, 2.75) is 38.8 Å². The summed E-state index contributed by atoms with van der Waals surface area (Å²) in [5, 5.41) is 13.0. The molecule has 1 aliphatic heterocycles. The second-order valence-electron chi connectivity index (χ2n) is 8.68. The molecule has 3 aromatic rings. The summed E-state index contributed by atoms with van der Waals surface area (Å²) in [4.78, 5) is 8.11. The highest BCUT2D eigenvalue weighted by atomic mass is 16.5. The summed E-state index contributed by atoms with van der Waals surface area (Å²) in [5.41, 5.74) is 2.25. The van der Waals surface area contributed by atoms with Crippen LogP contribution in [0.4, 0.5) is 5.69 Å². The standard InChI is InChI=1S/C23H31N7O/c1-5-23(2,3)30-22(25-26-27-30)21(18-9-11-24-12-10-18)29-15-13-28(14-16-29)19-7-6-8-20(17-19)31-4/h6-12,17,21H,5,13-16H2,1-4H3/p+1/t21-/m1/s1. The molecule has 0 bridgehead atoms. The Morgan fingerprint density at radius 3 is 2.55 bits per heavy atom. The second-order valence-corrected chi connectivity index (χ2v) is 8.68. The maximum absolute atomic E-state index is 5.40. The fourth-order valence-corrected chi connectivity index (χ4v) is 4.23.